The number of thioether (sulfide) groups is 1. The minimum absolute atomic E-state index is 0.319. The maximum atomic E-state index is 11.2. The van der Waals surface area contributed by atoms with Gasteiger partial charge in [0.15, 0.2) is 5.16 Å². The highest BCUT2D eigenvalue weighted by atomic mass is 32.2. The summed E-state index contributed by atoms with van der Waals surface area (Å²) < 4.78 is 0. The Morgan fingerprint density at radius 3 is 2.71 bits per heavy atom. The molecular weight excluding hydrogens is 236 g/mol. The third-order valence-corrected chi connectivity index (χ3v) is 3.65. The molecule has 6 heteroatoms. The molecule has 0 bridgehead atoms. The quantitative estimate of drug-likeness (QED) is 0.427. The van der Waals surface area contributed by atoms with Crippen LogP contribution in [0.1, 0.15) is 19.8 Å². The number of likely N-dealkylation sites (N-methyl/N-ethyl adjacent to an activating group) is 1. The minimum Gasteiger partial charge on any atom is -0.368 e. The first-order valence-electron chi connectivity index (χ1n) is 5.47. The summed E-state index contributed by atoms with van der Waals surface area (Å²) in [5.74, 6) is 0.551. The summed E-state index contributed by atoms with van der Waals surface area (Å²) in [7, 11) is 1.75. The van der Waals surface area contributed by atoms with E-state index in [0.717, 1.165) is 17.3 Å². The largest absolute Gasteiger partial charge is 0.368 e. The first kappa shape index (κ1) is 13.9. The van der Waals surface area contributed by atoms with Gasteiger partial charge in [0.25, 0.3) is 0 Å². The maximum absolute atomic E-state index is 11.2. The SMILES string of the molecule is CNC(C)(CCCSc1ncccn1)C(N)=O. The molecule has 1 unspecified atom stereocenters. The van der Waals surface area contributed by atoms with Crippen LogP contribution in [0.3, 0.4) is 0 Å². The van der Waals surface area contributed by atoms with E-state index < -0.39 is 5.54 Å². The van der Waals surface area contributed by atoms with Crippen molar-refractivity contribution in [2.24, 2.45) is 5.73 Å². The summed E-state index contributed by atoms with van der Waals surface area (Å²) in [5.41, 5.74) is 4.72. The average molecular weight is 254 g/mol. The molecule has 5 nitrogen and oxygen atoms in total. The number of aromatic nitrogens is 2. The van der Waals surface area contributed by atoms with Gasteiger partial charge in [0.1, 0.15) is 0 Å². The molecule has 17 heavy (non-hydrogen) atoms. The van der Waals surface area contributed by atoms with Gasteiger partial charge in [-0.1, -0.05) is 11.8 Å². The van der Waals surface area contributed by atoms with Crippen molar-refractivity contribution in [2.75, 3.05) is 12.8 Å². The van der Waals surface area contributed by atoms with E-state index in [0.29, 0.717) is 6.42 Å². The first-order chi connectivity index (χ1) is 8.08. The molecule has 0 radical (unpaired) electrons. The Balaban J connectivity index is 2.31. The van der Waals surface area contributed by atoms with E-state index in [-0.39, 0.29) is 5.91 Å². The van der Waals surface area contributed by atoms with Crippen LogP contribution in [0, 0.1) is 0 Å². The second kappa shape index (κ2) is 6.56. The van der Waals surface area contributed by atoms with Gasteiger partial charge >= 0.3 is 0 Å². The molecule has 1 heterocycles. The number of amides is 1. The number of nitrogens with zero attached hydrogens (tertiary/aromatic N) is 2. The number of nitrogens with two attached hydrogens (primary N) is 1. The second-order valence-corrected chi connectivity index (χ2v) is 4.99. The Kier molecular flexibility index (Phi) is 5.37. The maximum Gasteiger partial charge on any atom is 0.237 e. The molecule has 1 atom stereocenters. The Morgan fingerprint density at radius 2 is 2.18 bits per heavy atom. The molecule has 0 aliphatic rings. The third-order valence-electron chi connectivity index (χ3n) is 2.69. The highest BCUT2D eigenvalue weighted by Crippen LogP contribution is 2.17. The van der Waals surface area contributed by atoms with Gasteiger partial charge in [-0.2, -0.15) is 0 Å². The molecular formula is C11H18N4OS. The average Bonchev–Trinajstić information content (AvgIpc) is 2.35. The standard InChI is InChI=1S/C11H18N4OS/c1-11(13-2,9(12)16)5-3-8-17-10-14-6-4-7-15-10/h4,6-7,13H,3,5,8H2,1-2H3,(H2,12,16). The number of rotatable bonds is 7. The van der Waals surface area contributed by atoms with E-state index in [1.54, 1.807) is 37.3 Å². The van der Waals surface area contributed by atoms with Gasteiger partial charge in [-0.05, 0) is 32.9 Å². The molecule has 0 saturated heterocycles. The van der Waals surface area contributed by atoms with Crippen molar-refractivity contribution in [1.29, 1.82) is 0 Å². The van der Waals surface area contributed by atoms with Crippen LogP contribution in [-0.4, -0.2) is 34.2 Å². The molecule has 0 aromatic carbocycles. The van der Waals surface area contributed by atoms with Crippen molar-refractivity contribution in [3.05, 3.63) is 18.5 Å². The predicted octanol–water partition coefficient (Wildman–Crippen LogP) is 0.812. The van der Waals surface area contributed by atoms with Crippen LogP contribution in [0.25, 0.3) is 0 Å². The van der Waals surface area contributed by atoms with Gasteiger partial charge in [0, 0.05) is 18.1 Å². The molecule has 0 aliphatic heterocycles. The van der Waals surface area contributed by atoms with Crippen molar-refractivity contribution >= 4 is 17.7 Å². The summed E-state index contributed by atoms with van der Waals surface area (Å²) in [6, 6.07) is 1.79. The van der Waals surface area contributed by atoms with Crippen molar-refractivity contribution < 1.29 is 4.79 Å². The number of primary amides is 1. The lowest BCUT2D eigenvalue weighted by atomic mass is 9.96. The smallest absolute Gasteiger partial charge is 0.237 e. The molecule has 0 fully saturated rings. The van der Waals surface area contributed by atoms with Crippen molar-refractivity contribution in [1.82, 2.24) is 15.3 Å². The third kappa shape index (κ3) is 4.32. The molecule has 1 rings (SSSR count). The molecule has 1 aromatic heterocycles. The lowest BCUT2D eigenvalue weighted by Gasteiger charge is -2.25. The van der Waals surface area contributed by atoms with Gasteiger partial charge in [-0.15, -0.1) is 0 Å². The van der Waals surface area contributed by atoms with E-state index in [2.05, 4.69) is 15.3 Å². The van der Waals surface area contributed by atoms with Crippen molar-refractivity contribution in [2.45, 2.75) is 30.5 Å². The Hall–Kier alpha value is -1.14. The Labute approximate surface area is 106 Å². The number of carbonyl (C=O) groups is 1. The highest BCUT2D eigenvalue weighted by Gasteiger charge is 2.27. The molecule has 0 saturated carbocycles. The summed E-state index contributed by atoms with van der Waals surface area (Å²) in [6.45, 7) is 1.82. The molecule has 1 aromatic rings. The summed E-state index contributed by atoms with van der Waals surface area (Å²) >= 11 is 1.58. The van der Waals surface area contributed by atoms with Crippen LogP contribution >= 0.6 is 11.8 Å². The van der Waals surface area contributed by atoms with E-state index in [4.69, 9.17) is 5.73 Å². The van der Waals surface area contributed by atoms with Gasteiger partial charge in [0.2, 0.25) is 5.91 Å². The fraction of sp³-hybridized carbons (Fsp3) is 0.545. The zero-order valence-corrected chi connectivity index (χ0v) is 11.0. The van der Waals surface area contributed by atoms with Crippen LogP contribution in [0.15, 0.2) is 23.6 Å². The molecule has 0 spiro atoms. The lowest BCUT2D eigenvalue weighted by Crippen LogP contribution is -2.51. The van der Waals surface area contributed by atoms with E-state index in [1.165, 1.54) is 0 Å². The zero-order valence-electron chi connectivity index (χ0n) is 10.1. The normalized spacial score (nSPS) is 14.2. The fourth-order valence-electron chi connectivity index (χ4n) is 1.32. The summed E-state index contributed by atoms with van der Waals surface area (Å²) in [5, 5.41) is 3.72. The minimum atomic E-state index is -0.627. The van der Waals surface area contributed by atoms with Gasteiger partial charge in [-0.25, -0.2) is 9.97 Å². The van der Waals surface area contributed by atoms with Crippen LogP contribution in [0.4, 0.5) is 0 Å². The number of carbonyl (C=O) groups excluding carboxylic acids is 1. The Bertz CT molecular complexity index is 360. The van der Waals surface area contributed by atoms with Crippen LogP contribution < -0.4 is 11.1 Å². The van der Waals surface area contributed by atoms with Gasteiger partial charge < -0.3 is 11.1 Å². The fourth-order valence-corrected chi connectivity index (χ4v) is 2.06. The van der Waals surface area contributed by atoms with Gasteiger partial charge in [0.05, 0.1) is 5.54 Å². The topological polar surface area (TPSA) is 80.9 Å². The van der Waals surface area contributed by atoms with E-state index >= 15 is 0 Å². The Morgan fingerprint density at radius 1 is 1.53 bits per heavy atom. The highest BCUT2D eigenvalue weighted by molar-refractivity contribution is 7.99. The second-order valence-electron chi connectivity index (χ2n) is 3.93. The molecule has 3 N–H and O–H groups in total. The molecule has 1 amide bonds. The van der Waals surface area contributed by atoms with E-state index in [1.807, 2.05) is 6.92 Å². The van der Waals surface area contributed by atoms with Crippen LogP contribution in [-0.2, 0) is 4.79 Å². The number of hydrogen-bond acceptors (Lipinski definition) is 5. The van der Waals surface area contributed by atoms with Crippen LogP contribution in [0.5, 0.6) is 0 Å². The number of nitrogens with one attached hydrogen (secondary N) is 1. The lowest BCUT2D eigenvalue weighted by molar-refractivity contribution is -0.123. The summed E-state index contributed by atoms with van der Waals surface area (Å²) in [4.78, 5) is 19.5. The van der Waals surface area contributed by atoms with Crippen molar-refractivity contribution in [3.8, 4) is 0 Å². The monoisotopic (exact) mass is 254 g/mol. The molecule has 94 valence electrons. The van der Waals surface area contributed by atoms with Crippen LogP contribution in [0.2, 0.25) is 0 Å². The number of hydrogen-bond donors (Lipinski definition) is 2. The zero-order chi connectivity index (χ0) is 12.7. The molecule has 0 aliphatic carbocycles. The first-order valence-corrected chi connectivity index (χ1v) is 6.46. The van der Waals surface area contributed by atoms with Gasteiger partial charge in [-0.3, -0.25) is 4.79 Å². The predicted molar refractivity (Wildman–Crippen MR) is 68.6 cm³/mol. The van der Waals surface area contributed by atoms with E-state index in [9.17, 15) is 4.79 Å². The van der Waals surface area contributed by atoms with Crippen molar-refractivity contribution in [3.63, 3.8) is 0 Å². The summed E-state index contributed by atoms with van der Waals surface area (Å²) in [6.07, 6.45) is 5.02.